The quantitative estimate of drug-likeness (QED) is 0.690. The third-order valence-electron chi connectivity index (χ3n) is 3.16. The van der Waals surface area contributed by atoms with Crippen molar-refractivity contribution in [3.8, 4) is 5.75 Å². The first kappa shape index (κ1) is 14.2. The Morgan fingerprint density at radius 2 is 2.10 bits per heavy atom. The molecule has 1 fully saturated rings. The summed E-state index contributed by atoms with van der Waals surface area (Å²) in [5, 5.41) is 5.49. The maximum Gasteiger partial charge on any atom is 0.251 e. The minimum atomic E-state index is -0.577. The Morgan fingerprint density at radius 1 is 1.40 bits per heavy atom. The normalized spacial score (nSPS) is 15.3. The molecule has 2 rings (SSSR count). The standard InChI is InChI=1S/C14H19N3O3/c1-8(13(18)17-10-4-5-10)16-14(19)9-3-6-12(20-2)11(15)7-9/h3,6-8,10H,4-5,15H2,1-2H3,(H,16,19)(H,17,18). The molecule has 0 aliphatic heterocycles. The summed E-state index contributed by atoms with van der Waals surface area (Å²) in [7, 11) is 1.51. The molecule has 0 aromatic heterocycles. The Labute approximate surface area is 117 Å². The van der Waals surface area contributed by atoms with E-state index in [2.05, 4.69) is 10.6 Å². The average Bonchev–Trinajstić information content (AvgIpc) is 3.22. The molecule has 6 heteroatoms. The summed E-state index contributed by atoms with van der Waals surface area (Å²) in [5.74, 6) is 0.0150. The van der Waals surface area contributed by atoms with Gasteiger partial charge in [0.1, 0.15) is 11.8 Å². The lowest BCUT2D eigenvalue weighted by Crippen LogP contribution is -2.45. The molecule has 0 radical (unpaired) electrons. The molecule has 2 amide bonds. The van der Waals surface area contributed by atoms with Crippen molar-refractivity contribution in [1.29, 1.82) is 0 Å². The van der Waals surface area contributed by atoms with Gasteiger partial charge >= 0.3 is 0 Å². The topological polar surface area (TPSA) is 93.4 Å². The second-order valence-electron chi connectivity index (χ2n) is 4.93. The smallest absolute Gasteiger partial charge is 0.251 e. The summed E-state index contributed by atoms with van der Waals surface area (Å²) in [6.07, 6.45) is 2.03. The van der Waals surface area contributed by atoms with Gasteiger partial charge in [0.25, 0.3) is 5.91 Å². The van der Waals surface area contributed by atoms with Gasteiger partial charge in [-0.05, 0) is 38.0 Å². The third kappa shape index (κ3) is 3.40. The molecule has 20 heavy (non-hydrogen) atoms. The molecule has 0 heterocycles. The molecule has 1 aliphatic carbocycles. The maximum absolute atomic E-state index is 12.0. The number of rotatable bonds is 5. The molecule has 108 valence electrons. The Bertz CT molecular complexity index is 526. The molecule has 6 nitrogen and oxygen atoms in total. The van der Waals surface area contributed by atoms with Gasteiger partial charge in [0.2, 0.25) is 5.91 Å². The molecular formula is C14H19N3O3. The summed E-state index contributed by atoms with van der Waals surface area (Å²) in [4.78, 5) is 23.8. The van der Waals surface area contributed by atoms with Crippen molar-refractivity contribution in [3.63, 3.8) is 0 Å². The molecule has 1 saturated carbocycles. The van der Waals surface area contributed by atoms with Gasteiger partial charge in [0.05, 0.1) is 12.8 Å². The molecule has 0 bridgehead atoms. The van der Waals surface area contributed by atoms with Crippen LogP contribution in [0.15, 0.2) is 18.2 Å². The number of nitrogen functional groups attached to an aromatic ring is 1. The molecular weight excluding hydrogens is 258 g/mol. The fourth-order valence-electron chi connectivity index (χ4n) is 1.77. The second-order valence-corrected chi connectivity index (χ2v) is 4.93. The average molecular weight is 277 g/mol. The number of nitrogens with one attached hydrogen (secondary N) is 2. The molecule has 1 unspecified atom stereocenters. The summed E-state index contributed by atoms with van der Waals surface area (Å²) in [6.45, 7) is 1.66. The Kier molecular flexibility index (Phi) is 4.12. The van der Waals surface area contributed by atoms with E-state index in [0.29, 0.717) is 17.0 Å². The highest BCUT2D eigenvalue weighted by Crippen LogP contribution is 2.22. The van der Waals surface area contributed by atoms with Crippen molar-refractivity contribution in [2.24, 2.45) is 0 Å². The fourth-order valence-corrected chi connectivity index (χ4v) is 1.77. The maximum atomic E-state index is 12.0. The van der Waals surface area contributed by atoms with Gasteiger partial charge in [-0.15, -0.1) is 0 Å². The summed E-state index contributed by atoms with van der Waals surface area (Å²) >= 11 is 0. The van der Waals surface area contributed by atoms with Crippen LogP contribution in [-0.4, -0.2) is 31.0 Å². The van der Waals surface area contributed by atoms with Crippen molar-refractivity contribution in [2.75, 3.05) is 12.8 Å². The first-order valence-corrected chi connectivity index (χ1v) is 6.56. The predicted octanol–water partition coefficient (Wildman–Crippen LogP) is 0.674. The van der Waals surface area contributed by atoms with E-state index in [4.69, 9.17) is 10.5 Å². The zero-order valence-corrected chi connectivity index (χ0v) is 11.6. The van der Waals surface area contributed by atoms with E-state index in [-0.39, 0.29) is 17.9 Å². The number of carbonyl (C=O) groups excluding carboxylic acids is 2. The van der Waals surface area contributed by atoms with Gasteiger partial charge in [0, 0.05) is 11.6 Å². The molecule has 1 aliphatic rings. The van der Waals surface area contributed by atoms with Crippen molar-refractivity contribution < 1.29 is 14.3 Å². The van der Waals surface area contributed by atoms with Crippen molar-refractivity contribution in [3.05, 3.63) is 23.8 Å². The van der Waals surface area contributed by atoms with Crippen LogP contribution in [0, 0.1) is 0 Å². The van der Waals surface area contributed by atoms with Crippen molar-refractivity contribution >= 4 is 17.5 Å². The second kappa shape index (κ2) is 5.81. The van der Waals surface area contributed by atoms with Crippen LogP contribution < -0.4 is 21.1 Å². The van der Waals surface area contributed by atoms with E-state index in [9.17, 15) is 9.59 Å². The van der Waals surface area contributed by atoms with Gasteiger partial charge in [-0.25, -0.2) is 0 Å². The van der Waals surface area contributed by atoms with Crippen LogP contribution in [0.4, 0.5) is 5.69 Å². The van der Waals surface area contributed by atoms with Crippen LogP contribution in [0.1, 0.15) is 30.1 Å². The van der Waals surface area contributed by atoms with Gasteiger partial charge in [-0.3, -0.25) is 9.59 Å². The molecule has 1 aromatic carbocycles. The van der Waals surface area contributed by atoms with Crippen LogP contribution in [0.3, 0.4) is 0 Å². The number of methoxy groups -OCH3 is 1. The first-order valence-electron chi connectivity index (χ1n) is 6.56. The molecule has 4 N–H and O–H groups in total. The van der Waals surface area contributed by atoms with Crippen LogP contribution >= 0.6 is 0 Å². The van der Waals surface area contributed by atoms with Gasteiger partial charge < -0.3 is 21.1 Å². The number of ether oxygens (including phenoxy) is 1. The number of nitrogens with two attached hydrogens (primary N) is 1. The molecule has 1 atom stereocenters. The van der Waals surface area contributed by atoms with Gasteiger partial charge in [-0.2, -0.15) is 0 Å². The number of hydrogen-bond donors (Lipinski definition) is 3. The number of amides is 2. The van der Waals surface area contributed by atoms with E-state index >= 15 is 0 Å². The van der Waals surface area contributed by atoms with Crippen LogP contribution in [0.2, 0.25) is 0 Å². The highest BCUT2D eigenvalue weighted by Gasteiger charge is 2.26. The van der Waals surface area contributed by atoms with Crippen LogP contribution in [0.25, 0.3) is 0 Å². The van der Waals surface area contributed by atoms with Gasteiger partial charge in [0.15, 0.2) is 0 Å². The summed E-state index contributed by atoms with van der Waals surface area (Å²) in [5.41, 5.74) is 6.53. The van der Waals surface area contributed by atoms with E-state index in [1.165, 1.54) is 13.2 Å². The molecule has 1 aromatic rings. The minimum absolute atomic E-state index is 0.165. The number of hydrogen-bond acceptors (Lipinski definition) is 4. The predicted molar refractivity (Wildman–Crippen MR) is 75.5 cm³/mol. The van der Waals surface area contributed by atoms with E-state index in [1.807, 2.05) is 0 Å². The molecule has 0 spiro atoms. The summed E-state index contributed by atoms with van der Waals surface area (Å²) in [6, 6.07) is 4.46. The monoisotopic (exact) mass is 277 g/mol. The number of carbonyl (C=O) groups is 2. The Balaban J connectivity index is 1.96. The fraction of sp³-hybridized carbons (Fsp3) is 0.429. The largest absolute Gasteiger partial charge is 0.495 e. The highest BCUT2D eigenvalue weighted by atomic mass is 16.5. The first-order chi connectivity index (χ1) is 9.51. The SMILES string of the molecule is COc1ccc(C(=O)NC(C)C(=O)NC2CC2)cc1N. The van der Waals surface area contributed by atoms with Crippen molar-refractivity contribution in [2.45, 2.75) is 31.8 Å². The number of anilines is 1. The highest BCUT2D eigenvalue weighted by molar-refractivity contribution is 5.98. The minimum Gasteiger partial charge on any atom is -0.495 e. The lowest BCUT2D eigenvalue weighted by atomic mass is 10.1. The zero-order valence-electron chi connectivity index (χ0n) is 11.6. The Hall–Kier alpha value is -2.24. The van der Waals surface area contributed by atoms with E-state index in [1.54, 1.807) is 19.1 Å². The summed E-state index contributed by atoms with van der Waals surface area (Å²) < 4.78 is 5.03. The zero-order chi connectivity index (χ0) is 14.7. The lowest BCUT2D eigenvalue weighted by molar-refractivity contribution is -0.122. The Morgan fingerprint density at radius 3 is 2.65 bits per heavy atom. The third-order valence-corrected chi connectivity index (χ3v) is 3.16. The molecule has 0 saturated heterocycles. The van der Waals surface area contributed by atoms with Crippen LogP contribution in [-0.2, 0) is 4.79 Å². The number of benzene rings is 1. The van der Waals surface area contributed by atoms with Crippen LogP contribution in [0.5, 0.6) is 5.75 Å². The lowest BCUT2D eigenvalue weighted by Gasteiger charge is -2.14. The van der Waals surface area contributed by atoms with Crippen molar-refractivity contribution in [1.82, 2.24) is 10.6 Å². The van der Waals surface area contributed by atoms with E-state index in [0.717, 1.165) is 12.8 Å². The van der Waals surface area contributed by atoms with Gasteiger partial charge in [-0.1, -0.05) is 0 Å². The van der Waals surface area contributed by atoms with E-state index < -0.39 is 6.04 Å².